The van der Waals surface area contributed by atoms with Gasteiger partial charge in [0.15, 0.2) is 0 Å². The van der Waals surface area contributed by atoms with Gasteiger partial charge in [0.05, 0.1) is 28.6 Å². The van der Waals surface area contributed by atoms with Gasteiger partial charge in [-0.2, -0.15) is 5.26 Å². The Hall–Kier alpha value is -2.17. The number of benzene rings is 1. The van der Waals surface area contributed by atoms with Crippen molar-refractivity contribution < 1.29 is 9.31 Å². The number of nitrogens with zero attached hydrogens (tertiary/aromatic N) is 4. The molecular formula is C15H17BN4O2. The number of nitriles is 1. The Morgan fingerprint density at radius 1 is 1.14 bits per heavy atom. The van der Waals surface area contributed by atoms with Gasteiger partial charge in [0.1, 0.15) is 11.7 Å². The van der Waals surface area contributed by atoms with E-state index in [0.29, 0.717) is 16.8 Å². The highest BCUT2D eigenvalue weighted by molar-refractivity contribution is 6.61. The van der Waals surface area contributed by atoms with Crippen LogP contribution in [0.25, 0.3) is 5.69 Å². The maximum absolute atomic E-state index is 9.17. The molecule has 3 rings (SSSR count). The van der Waals surface area contributed by atoms with E-state index >= 15 is 0 Å². The van der Waals surface area contributed by atoms with Gasteiger partial charge in [0, 0.05) is 0 Å². The fourth-order valence-corrected chi connectivity index (χ4v) is 2.23. The molecule has 0 atom stereocenters. The van der Waals surface area contributed by atoms with Crippen LogP contribution >= 0.6 is 0 Å². The number of rotatable bonds is 2. The molecule has 0 saturated carbocycles. The molecule has 22 heavy (non-hydrogen) atoms. The Labute approximate surface area is 129 Å². The molecule has 0 aliphatic carbocycles. The van der Waals surface area contributed by atoms with Crippen LogP contribution in [0.15, 0.2) is 30.5 Å². The molecule has 1 aliphatic rings. The molecule has 0 amide bonds. The first-order valence-electron chi connectivity index (χ1n) is 7.11. The molecule has 0 unspecified atom stereocenters. The molecule has 1 aromatic carbocycles. The van der Waals surface area contributed by atoms with Gasteiger partial charge < -0.3 is 9.31 Å². The highest BCUT2D eigenvalue weighted by Gasteiger charge is 2.52. The van der Waals surface area contributed by atoms with Gasteiger partial charge in [-0.1, -0.05) is 17.3 Å². The van der Waals surface area contributed by atoms with E-state index in [1.165, 1.54) is 0 Å². The van der Waals surface area contributed by atoms with Crippen LogP contribution < -0.4 is 5.59 Å². The summed E-state index contributed by atoms with van der Waals surface area (Å²) in [6.45, 7) is 7.95. The summed E-state index contributed by atoms with van der Waals surface area (Å²) in [5.74, 6) is 0. The zero-order chi connectivity index (χ0) is 16.0. The van der Waals surface area contributed by atoms with E-state index in [1.807, 2.05) is 45.9 Å². The van der Waals surface area contributed by atoms with Crippen LogP contribution in [0.3, 0.4) is 0 Å². The molecule has 1 aliphatic heterocycles. The van der Waals surface area contributed by atoms with Gasteiger partial charge >= 0.3 is 7.12 Å². The summed E-state index contributed by atoms with van der Waals surface area (Å²) in [5.41, 5.74) is 0.956. The first-order chi connectivity index (χ1) is 10.3. The van der Waals surface area contributed by atoms with Crippen molar-refractivity contribution in [2.45, 2.75) is 38.9 Å². The minimum atomic E-state index is -0.562. The van der Waals surface area contributed by atoms with Crippen molar-refractivity contribution in [3.05, 3.63) is 36.0 Å². The summed E-state index contributed by atoms with van der Waals surface area (Å²) in [6.07, 6.45) is 1.73. The Balaban J connectivity index is 1.92. The van der Waals surface area contributed by atoms with E-state index in [4.69, 9.17) is 9.31 Å². The van der Waals surface area contributed by atoms with Crippen molar-refractivity contribution in [3.63, 3.8) is 0 Å². The van der Waals surface area contributed by atoms with Crippen molar-refractivity contribution in [1.29, 1.82) is 5.26 Å². The van der Waals surface area contributed by atoms with E-state index in [0.717, 1.165) is 0 Å². The van der Waals surface area contributed by atoms with Crippen LogP contribution in [0.5, 0.6) is 0 Å². The second kappa shape index (κ2) is 4.94. The van der Waals surface area contributed by atoms with E-state index < -0.39 is 18.3 Å². The van der Waals surface area contributed by atoms with E-state index in [2.05, 4.69) is 16.4 Å². The molecule has 6 nitrogen and oxygen atoms in total. The second-order valence-corrected chi connectivity index (χ2v) is 6.31. The summed E-state index contributed by atoms with van der Waals surface area (Å²) < 4.78 is 13.5. The maximum Gasteiger partial charge on any atom is 0.518 e. The summed E-state index contributed by atoms with van der Waals surface area (Å²) in [7, 11) is -0.562. The molecule has 1 saturated heterocycles. The summed E-state index contributed by atoms with van der Waals surface area (Å²) >= 11 is 0. The summed E-state index contributed by atoms with van der Waals surface area (Å²) in [4.78, 5) is 0. The van der Waals surface area contributed by atoms with Crippen molar-refractivity contribution in [3.8, 4) is 11.8 Å². The minimum Gasteiger partial charge on any atom is -0.398 e. The molecule has 1 fully saturated rings. The molecule has 2 heterocycles. The Morgan fingerprint density at radius 3 is 2.41 bits per heavy atom. The molecule has 2 aromatic rings. The maximum atomic E-state index is 9.17. The summed E-state index contributed by atoms with van der Waals surface area (Å²) in [5, 5.41) is 17.4. The Bertz CT molecular complexity index is 732. The van der Waals surface area contributed by atoms with Crippen molar-refractivity contribution in [2.75, 3.05) is 0 Å². The number of hydrogen-bond acceptors (Lipinski definition) is 5. The lowest BCUT2D eigenvalue weighted by Crippen LogP contribution is -2.41. The van der Waals surface area contributed by atoms with Crippen LogP contribution in [0.4, 0.5) is 0 Å². The predicted octanol–water partition coefficient (Wildman–Crippen LogP) is 1.44. The van der Waals surface area contributed by atoms with Gasteiger partial charge in [0.2, 0.25) is 0 Å². The first-order valence-corrected chi connectivity index (χ1v) is 7.11. The van der Waals surface area contributed by atoms with E-state index in [9.17, 15) is 5.26 Å². The third kappa shape index (κ3) is 2.30. The first kappa shape index (κ1) is 14.8. The lowest BCUT2D eigenvalue weighted by molar-refractivity contribution is 0.00578. The molecule has 0 bridgehead atoms. The van der Waals surface area contributed by atoms with Crippen molar-refractivity contribution >= 4 is 12.7 Å². The van der Waals surface area contributed by atoms with E-state index in [-0.39, 0.29) is 0 Å². The molecule has 0 spiro atoms. The molecule has 1 aromatic heterocycles. The predicted molar refractivity (Wildman–Crippen MR) is 81.8 cm³/mol. The zero-order valence-electron chi connectivity index (χ0n) is 13.1. The van der Waals surface area contributed by atoms with Gasteiger partial charge in [-0.05, 0) is 39.8 Å². The topological polar surface area (TPSA) is 73.0 Å². The molecule has 0 N–H and O–H groups in total. The van der Waals surface area contributed by atoms with Gasteiger partial charge in [-0.3, -0.25) is 0 Å². The zero-order valence-corrected chi connectivity index (χ0v) is 13.1. The van der Waals surface area contributed by atoms with Gasteiger partial charge in [-0.25, -0.2) is 4.68 Å². The average molecular weight is 296 g/mol. The minimum absolute atomic E-state index is 0.425. The highest BCUT2D eigenvalue weighted by atomic mass is 16.7. The Morgan fingerprint density at radius 2 is 1.77 bits per heavy atom. The molecule has 112 valence electrons. The lowest BCUT2D eigenvalue weighted by Gasteiger charge is -2.32. The molecule has 0 radical (unpaired) electrons. The normalized spacial score (nSPS) is 19.1. The molecular weight excluding hydrogens is 279 g/mol. The van der Waals surface area contributed by atoms with Crippen molar-refractivity contribution in [1.82, 2.24) is 15.0 Å². The SMILES string of the molecule is CC1(C)OB(c2cn(-c3ccccc3C#N)nn2)OC1(C)C. The van der Waals surface area contributed by atoms with Crippen molar-refractivity contribution in [2.24, 2.45) is 0 Å². The largest absolute Gasteiger partial charge is 0.518 e. The standard InChI is InChI=1S/C15H17BN4O2/c1-14(2)15(3,4)22-16(21-14)13-10-20(19-18-13)12-8-6-5-7-11(12)9-17/h5-8,10H,1-4H3. The number of hydrogen-bond donors (Lipinski definition) is 0. The van der Waals surface area contributed by atoms with Gasteiger partial charge in [0.25, 0.3) is 0 Å². The Kier molecular flexibility index (Phi) is 3.31. The molecule has 7 heteroatoms. The second-order valence-electron chi connectivity index (χ2n) is 6.31. The van der Waals surface area contributed by atoms with E-state index in [1.54, 1.807) is 16.9 Å². The number of para-hydroxylation sites is 1. The number of aromatic nitrogens is 3. The fourth-order valence-electron chi connectivity index (χ4n) is 2.23. The van der Waals surface area contributed by atoms with Crippen LogP contribution in [0.1, 0.15) is 33.3 Å². The summed E-state index contributed by atoms with van der Waals surface area (Å²) in [6, 6.07) is 9.38. The fraction of sp³-hybridized carbons (Fsp3) is 0.400. The lowest BCUT2D eigenvalue weighted by atomic mass is 9.86. The third-order valence-electron chi connectivity index (χ3n) is 4.28. The van der Waals surface area contributed by atoms with Gasteiger partial charge in [-0.15, -0.1) is 5.10 Å². The third-order valence-corrected chi connectivity index (χ3v) is 4.28. The van der Waals surface area contributed by atoms with Crippen LogP contribution in [0.2, 0.25) is 0 Å². The van der Waals surface area contributed by atoms with Crippen LogP contribution in [-0.4, -0.2) is 33.3 Å². The quantitative estimate of drug-likeness (QED) is 0.784. The average Bonchev–Trinajstić information content (AvgIpc) is 3.02. The van der Waals surface area contributed by atoms with Crippen LogP contribution in [-0.2, 0) is 9.31 Å². The smallest absolute Gasteiger partial charge is 0.398 e. The highest BCUT2D eigenvalue weighted by Crippen LogP contribution is 2.36. The van der Waals surface area contributed by atoms with Crippen LogP contribution in [0, 0.1) is 11.3 Å². The monoisotopic (exact) mass is 296 g/mol.